The van der Waals surface area contributed by atoms with Gasteiger partial charge < -0.3 is 14.5 Å². The van der Waals surface area contributed by atoms with Crippen molar-refractivity contribution >= 4 is 28.9 Å². The number of thioether (sulfide) groups is 1. The maximum absolute atomic E-state index is 12.1. The second kappa shape index (κ2) is 9.15. The molecule has 0 aromatic rings. The zero-order chi connectivity index (χ0) is 17.5. The Balaban J connectivity index is 2.23. The van der Waals surface area contributed by atoms with Crippen molar-refractivity contribution in [3.63, 3.8) is 0 Å². The third kappa shape index (κ3) is 8.25. The molecule has 0 saturated carbocycles. The predicted octanol–water partition coefficient (Wildman–Crippen LogP) is 2.52. The zero-order valence-electron chi connectivity index (χ0n) is 14.6. The van der Waals surface area contributed by atoms with E-state index in [9.17, 15) is 14.4 Å². The second-order valence-corrected chi connectivity index (χ2v) is 7.92. The minimum absolute atomic E-state index is 0.120. The van der Waals surface area contributed by atoms with Gasteiger partial charge in [-0.15, -0.1) is 0 Å². The van der Waals surface area contributed by atoms with Gasteiger partial charge in [0.2, 0.25) is 5.91 Å². The van der Waals surface area contributed by atoms with Gasteiger partial charge in [0, 0.05) is 45.3 Å². The van der Waals surface area contributed by atoms with Crippen molar-refractivity contribution in [3.8, 4) is 0 Å². The Morgan fingerprint density at radius 3 is 2.09 bits per heavy atom. The Labute approximate surface area is 142 Å². The number of piperazine rings is 1. The van der Waals surface area contributed by atoms with Gasteiger partial charge in [-0.05, 0) is 33.6 Å². The van der Waals surface area contributed by atoms with E-state index in [-0.39, 0.29) is 17.1 Å². The first-order chi connectivity index (χ1) is 10.7. The van der Waals surface area contributed by atoms with Crippen molar-refractivity contribution in [2.24, 2.45) is 0 Å². The molecule has 7 heteroatoms. The minimum Gasteiger partial charge on any atom is -0.444 e. The maximum atomic E-state index is 12.1. The molecule has 1 saturated heterocycles. The smallest absolute Gasteiger partial charge is 0.410 e. The molecule has 1 aliphatic heterocycles. The molecule has 0 unspecified atom stereocenters. The number of rotatable bonds is 5. The quantitative estimate of drug-likeness (QED) is 0.717. The van der Waals surface area contributed by atoms with E-state index in [1.54, 1.807) is 16.7 Å². The summed E-state index contributed by atoms with van der Waals surface area (Å²) in [5, 5.41) is 0.120. The standard InChI is InChI=1S/C16H28N2O4S/c1-13(19)23-12-6-5-7-14(20)17-8-10-18(11-9-17)15(21)22-16(2,3)4/h5-12H2,1-4H3. The van der Waals surface area contributed by atoms with Gasteiger partial charge in [0.1, 0.15) is 5.60 Å². The monoisotopic (exact) mass is 344 g/mol. The molecule has 0 radical (unpaired) electrons. The summed E-state index contributed by atoms with van der Waals surface area (Å²) in [5.41, 5.74) is -0.498. The van der Waals surface area contributed by atoms with Crippen LogP contribution in [0.4, 0.5) is 4.79 Å². The van der Waals surface area contributed by atoms with Crippen molar-refractivity contribution in [1.82, 2.24) is 9.80 Å². The Hall–Kier alpha value is -1.24. The number of ether oxygens (including phenoxy) is 1. The van der Waals surface area contributed by atoms with Gasteiger partial charge in [-0.2, -0.15) is 0 Å². The lowest BCUT2D eigenvalue weighted by atomic mass is 10.2. The lowest BCUT2D eigenvalue weighted by Gasteiger charge is -2.35. The van der Waals surface area contributed by atoms with Crippen LogP contribution in [0.2, 0.25) is 0 Å². The molecule has 1 aliphatic rings. The van der Waals surface area contributed by atoms with Crippen LogP contribution in [0.5, 0.6) is 0 Å². The van der Waals surface area contributed by atoms with E-state index >= 15 is 0 Å². The third-order valence-electron chi connectivity index (χ3n) is 3.37. The van der Waals surface area contributed by atoms with Crippen LogP contribution in [0.25, 0.3) is 0 Å². The van der Waals surface area contributed by atoms with Gasteiger partial charge in [0.15, 0.2) is 5.12 Å². The van der Waals surface area contributed by atoms with Crippen LogP contribution in [0.1, 0.15) is 47.0 Å². The molecule has 1 fully saturated rings. The lowest BCUT2D eigenvalue weighted by Crippen LogP contribution is -2.51. The molecule has 1 rings (SSSR count). The van der Waals surface area contributed by atoms with Crippen LogP contribution >= 0.6 is 11.8 Å². The van der Waals surface area contributed by atoms with E-state index in [1.807, 2.05) is 20.8 Å². The molecule has 6 nitrogen and oxygen atoms in total. The molecular weight excluding hydrogens is 316 g/mol. The van der Waals surface area contributed by atoms with Gasteiger partial charge in [-0.3, -0.25) is 9.59 Å². The highest BCUT2D eigenvalue weighted by molar-refractivity contribution is 8.13. The first kappa shape index (κ1) is 19.8. The van der Waals surface area contributed by atoms with Crippen molar-refractivity contribution < 1.29 is 19.1 Å². The van der Waals surface area contributed by atoms with Crippen molar-refractivity contribution in [3.05, 3.63) is 0 Å². The number of nitrogens with zero attached hydrogens (tertiary/aromatic N) is 2. The van der Waals surface area contributed by atoms with Crippen LogP contribution in [0, 0.1) is 0 Å². The fourth-order valence-electron chi connectivity index (χ4n) is 2.22. The first-order valence-electron chi connectivity index (χ1n) is 8.08. The number of unbranched alkanes of at least 4 members (excludes halogenated alkanes) is 1. The summed E-state index contributed by atoms with van der Waals surface area (Å²) in [6, 6.07) is 0. The summed E-state index contributed by atoms with van der Waals surface area (Å²) in [6.07, 6.45) is 1.86. The molecule has 0 aliphatic carbocycles. The van der Waals surface area contributed by atoms with Crippen LogP contribution in [-0.4, -0.2) is 64.4 Å². The minimum atomic E-state index is -0.498. The Morgan fingerprint density at radius 2 is 1.57 bits per heavy atom. The molecule has 0 spiro atoms. The van der Waals surface area contributed by atoms with E-state index in [1.165, 1.54) is 11.8 Å². The number of carbonyl (C=O) groups excluding carboxylic acids is 3. The lowest BCUT2D eigenvalue weighted by molar-refractivity contribution is -0.133. The van der Waals surface area contributed by atoms with Crippen molar-refractivity contribution in [2.75, 3.05) is 31.9 Å². The fourth-order valence-corrected chi connectivity index (χ4v) is 2.85. The molecular formula is C16H28N2O4S. The van der Waals surface area contributed by atoms with Gasteiger partial charge in [-0.1, -0.05) is 11.8 Å². The number of amides is 2. The largest absolute Gasteiger partial charge is 0.444 e. The average molecular weight is 344 g/mol. The fraction of sp³-hybridized carbons (Fsp3) is 0.812. The highest BCUT2D eigenvalue weighted by atomic mass is 32.2. The Morgan fingerprint density at radius 1 is 1.00 bits per heavy atom. The van der Waals surface area contributed by atoms with Crippen LogP contribution in [0.15, 0.2) is 0 Å². The van der Waals surface area contributed by atoms with Crippen LogP contribution in [-0.2, 0) is 14.3 Å². The normalized spacial score (nSPS) is 15.5. The van der Waals surface area contributed by atoms with E-state index in [4.69, 9.17) is 4.74 Å². The van der Waals surface area contributed by atoms with Gasteiger partial charge in [0.25, 0.3) is 0 Å². The second-order valence-electron chi connectivity index (χ2n) is 6.65. The van der Waals surface area contributed by atoms with Crippen LogP contribution in [0.3, 0.4) is 0 Å². The molecule has 0 bridgehead atoms. The molecule has 1 heterocycles. The van der Waals surface area contributed by atoms with E-state index in [0.717, 1.165) is 18.6 Å². The van der Waals surface area contributed by atoms with E-state index < -0.39 is 5.60 Å². The summed E-state index contributed by atoms with van der Waals surface area (Å²) in [7, 11) is 0. The summed E-state index contributed by atoms with van der Waals surface area (Å²) in [5.74, 6) is 0.899. The molecule has 132 valence electrons. The zero-order valence-corrected chi connectivity index (χ0v) is 15.4. The molecule has 23 heavy (non-hydrogen) atoms. The van der Waals surface area contributed by atoms with Gasteiger partial charge in [-0.25, -0.2) is 4.79 Å². The highest BCUT2D eigenvalue weighted by Crippen LogP contribution is 2.13. The van der Waals surface area contributed by atoms with Gasteiger partial charge in [0.05, 0.1) is 0 Å². The summed E-state index contributed by atoms with van der Waals surface area (Å²) >= 11 is 1.30. The van der Waals surface area contributed by atoms with Crippen molar-refractivity contribution in [2.45, 2.75) is 52.6 Å². The number of carbonyl (C=O) groups is 3. The summed E-state index contributed by atoms with van der Waals surface area (Å²) < 4.78 is 5.34. The predicted molar refractivity (Wildman–Crippen MR) is 91.4 cm³/mol. The SMILES string of the molecule is CC(=O)SCCCCC(=O)N1CCN(C(=O)OC(C)(C)C)CC1. The number of hydrogen-bond donors (Lipinski definition) is 0. The third-order valence-corrected chi connectivity index (χ3v) is 4.27. The van der Waals surface area contributed by atoms with E-state index in [0.29, 0.717) is 32.6 Å². The first-order valence-corrected chi connectivity index (χ1v) is 9.06. The highest BCUT2D eigenvalue weighted by Gasteiger charge is 2.27. The Kier molecular flexibility index (Phi) is 7.88. The topological polar surface area (TPSA) is 66.9 Å². The molecule has 2 amide bonds. The number of hydrogen-bond acceptors (Lipinski definition) is 5. The summed E-state index contributed by atoms with van der Waals surface area (Å²) in [6.45, 7) is 9.22. The summed E-state index contributed by atoms with van der Waals surface area (Å²) in [4.78, 5) is 38.3. The van der Waals surface area contributed by atoms with Gasteiger partial charge >= 0.3 is 6.09 Å². The molecule has 0 atom stereocenters. The molecule has 0 aromatic heterocycles. The molecule has 0 aromatic carbocycles. The van der Waals surface area contributed by atoms with E-state index in [2.05, 4.69) is 0 Å². The average Bonchev–Trinajstić information content (AvgIpc) is 2.44. The molecule has 0 N–H and O–H groups in total. The Bertz CT molecular complexity index is 426. The maximum Gasteiger partial charge on any atom is 0.410 e. The van der Waals surface area contributed by atoms with Crippen molar-refractivity contribution in [1.29, 1.82) is 0 Å². The van der Waals surface area contributed by atoms with Crippen LogP contribution < -0.4 is 0 Å².